The van der Waals surface area contributed by atoms with Crippen molar-refractivity contribution in [3.63, 3.8) is 0 Å². The third-order valence-electron chi connectivity index (χ3n) is 2.25. The maximum absolute atomic E-state index is 10.7. The van der Waals surface area contributed by atoms with Crippen molar-refractivity contribution in [2.45, 2.75) is 12.8 Å². The Morgan fingerprint density at radius 1 is 1.16 bits per heavy atom. The third-order valence-corrected chi connectivity index (χ3v) is 4.73. The average molecular weight is 437 g/mol. The van der Waals surface area contributed by atoms with Gasteiger partial charge in [-0.25, -0.2) is 8.42 Å². The number of halogens is 3. The number of hydrogen-bond donors (Lipinski definition) is 0. The van der Waals surface area contributed by atoms with E-state index in [0.29, 0.717) is 30.9 Å². The van der Waals surface area contributed by atoms with Gasteiger partial charge in [0.2, 0.25) is 9.05 Å². The van der Waals surface area contributed by atoms with E-state index in [1.807, 2.05) is 0 Å². The number of hydrogen-bond acceptors (Lipinski definition) is 4. The van der Waals surface area contributed by atoms with Gasteiger partial charge < -0.3 is 9.47 Å². The van der Waals surface area contributed by atoms with Crippen LogP contribution in [-0.4, -0.2) is 27.9 Å². The monoisotopic (exact) mass is 434 g/mol. The Morgan fingerprint density at radius 2 is 1.74 bits per heavy atom. The molecule has 0 N–H and O–H groups in total. The second-order valence-electron chi connectivity index (χ2n) is 3.72. The second-order valence-corrected chi connectivity index (χ2v) is 8.32. The van der Waals surface area contributed by atoms with Crippen LogP contribution in [0.1, 0.15) is 12.8 Å². The zero-order valence-electron chi connectivity index (χ0n) is 10.2. The predicted molar refractivity (Wildman–Crippen MR) is 82.8 cm³/mol. The lowest BCUT2D eigenvalue weighted by Crippen LogP contribution is -2.03. The summed E-state index contributed by atoms with van der Waals surface area (Å²) in [7, 11) is 3.29. The van der Waals surface area contributed by atoms with Crippen molar-refractivity contribution in [1.82, 2.24) is 0 Å². The van der Waals surface area contributed by atoms with Crippen molar-refractivity contribution < 1.29 is 17.9 Å². The fourth-order valence-corrected chi connectivity index (χ4v) is 3.13. The molecule has 0 saturated heterocycles. The third kappa shape index (κ3) is 6.33. The molecular weight excluding hydrogens is 423 g/mol. The molecule has 1 aromatic rings. The molecule has 19 heavy (non-hydrogen) atoms. The topological polar surface area (TPSA) is 52.6 Å². The fraction of sp³-hybridized carbons (Fsp3) is 0.455. The van der Waals surface area contributed by atoms with Crippen LogP contribution in [0.4, 0.5) is 0 Å². The van der Waals surface area contributed by atoms with Crippen molar-refractivity contribution in [2.24, 2.45) is 0 Å². The summed E-state index contributed by atoms with van der Waals surface area (Å²) in [5, 5.41) is 0. The molecule has 0 unspecified atom stereocenters. The van der Waals surface area contributed by atoms with Gasteiger partial charge in [-0.15, -0.1) is 0 Å². The largest absolute Gasteiger partial charge is 0.496 e. The van der Waals surface area contributed by atoms with Gasteiger partial charge in [0.1, 0.15) is 11.5 Å². The Balaban J connectivity index is 2.48. The summed E-state index contributed by atoms with van der Waals surface area (Å²) in [6, 6.07) is 3.59. The molecule has 0 bridgehead atoms. The predicted octanol–water partition coefficient (Wildman–Crippen LogP) is 3.95. The van der Waals surface area contributed by atoms with Gasteiger partial charge in [-0.05, 0) is 56.8 Å². The van der Waals surface area contributed by atoms with Crippen LogP contribution in [0.15, 0.2) is 21.1 Å². The van der Waals surface area contributed by atoms with Crippen molar-refractivity contribution in [3.8, 4) is 11.5 Å². The minimum atomic E-state index is -3.41. The molecule has 4 nitrogen and oxygen atoms in total. The lowest BCUT2D eigenvalue weighted by molar-refractivity contribution is 0.306. The van der Waals surface area contributed by atoms with Crippen molar-refractivity contribution >= 4 is 51.6 Å². The number of methoxy groups -OCH3 is 1. The maximum Gasteiger partial charge on any atom is 0.232 e. The molecule has 108 valence electrons. The molecule has 1 aromatic carbocycles. The van der Waals surface area contributed by atoms with Gasteiger partial charge in [-0.3, -0.25) is 0 Å². The number of rotatable bonds is 7. The number of benzene rings is 1. The van der Waals surface area contributed by atoms with Gasteiger partial charge in [0.25, 0.3) is 0 Å². The standard InChI is InChI=1S/C11H13Br2ClO4S/c1-17-10-6-9(13)11(7-8(10)12)18-4-2-3-5-19(14,15)16/h6-7H,2-5H2,1H3. The zero-order valence-corrected chi connectivity index (χ0v) is 14.9. The molecule has 0 aliphatic carbocycles. The highest BCUT2D eigenvalue weighted by atomic mass is 79.9. The van der Waals surface area contributed by atoms with E-state index in [2.05, 4.69) is 31.9 Å². The van der Waals surface area contributed by atoms with Gasteiger partial charge in [0.05, 0.1) is 28.4 Å². The fourth-order valence-electron chi connectivity index (χ4n) is 1.34. The SMILES string of the molecule is COc1cc(Br)c(OCCCCS(=O)(=O)Cl)cc1Br. The zero-order chi connectivity index (χ0) is 14.5. The highest BCUT2D eigenvalue weighted by molar-refractivity contribution is 9.11. The van der Waals surface area contributed by atoms with Crippen molar-refractivity contribution in [3.05, 3.63) is 21.1 Å². The molecule has 0 saturated carbocycles. The van der Waals surface area contributed by atoms with Crippen LogP contribution in [0.5, 0.6) is 11.5 Å². The first-order chi connectivity index (χ1) is 8.83. The van der Waals surface area contributed by atoms with E-state index in [0.717, 1.165) is 8.95 Å². The summed E-state index contributed by atoms with van der Waals surface area (Å²) < 4.78 is 33.7. The first kappa shape index (κ1) is 17.1. The summed E-state index contributed by atoms with van der Waals surface area (Å²) in [6.07, 6.45) is 1.09. The smallest absolute Gasteiger partial charge is 0.232 e. The maximum atomic E-state index is 10.7. The normalized spacial score (nSPS) is 11.4. The van der Waals surface area contributed by atoms with E-state index in [4.69, 9.17) is 20.2 Å². The molecular formula is C11H13Br2ClO4S. The van der Waals surface area contributed by atoms with Gasteiger partial charge in [-0.2, -0.15) is 0 Å². The Kier molecular flexibility index (Phi) is 6.93. The molecule has 0 aliphatic rings. The van der Waals surface area contributed by atoms with Gasteiger partial charge in [-0.1, -0.05) is 0 Å². The van der Waals surface area contributed by atoms with Crippen molar-refractivity contribution in [2.75, 3.05) is 19.5 Å². The summed E-state index contributed by atoms with van der Waals surface area (Å²) in [4.78, 5) is 0. The molecule has 0 spiro atoms. The summed E-state index contributed by atoms with van der Waals surface area (Å²) in [6.45, 7) is 0.420. The Bertz CT molecular complexity index is 534. The first-order valence-corrected chi connectivity index (χ1v) is 9.48. The molecule has 0 fully saturated rings. The van der Waals surface area contributed by atoms with Crippen LogP contribution >= 0.6 is 42.5 Å². The van der Waals surface area contributed by atoms with Crippen LogP contribution in [0, 0.1) is 0 Å². The Labute approximate surface area is 134 Å². The lowest BCUT2D eigenvalue weighted by atomic mass is 10.3. The second kappa shape index (κ2) is 7.71. The van der Waals surface area contributed by atoms with Gasteiger partial charge in [0, 0.05) is 10.7 Å². The van der Waals surface area contributed by atoms with Crippen molar-refractivity contribution in [1.29, 1.82) is 0 Å². The van der Waals surface area contributed by atoms with E-state index in [9.17, 15) is 8.42 Å². The Hall–Kier alpha value is 0.0200. The van der Waals surface area contributed by atoms with Crippen LogP contribution in [0.3, 0.4) is 0 Å². The quantitative estimate of drug-likeness (QED) is 0.480. The summed E-state index contributed by atoms with van der Waals surface area (Å²) >= 11 is 6.75. The van der Waals surface area contributed by atoms with E-state index >= 15 is 0 Å². The van der Waals surface area contributed by atoms with Crippen LogP contribution in [0.2, 0.25) is 0 Å². The van der Waals surface area contributed by atoms with E-state index in [1.54, 1.807) is 19.2 Å². The molecule has 0 heterocycles. The molecule has 0 aromatic heterocycles. The summed E-state index contributed by atoms with van der Waals surface area (Å²) in [5.41, 5.74) is 0. The van der Waals surface area contributed by atoms with Gasteiger partial charge >= 0.3 is 0 Å². The van der Waals surface area contributed by atoms with Crippen LogP contribution in [-0.2, 0) is 9.05 Å². The first-order valence-electron chi connectivity index (χ1n) is 5.41. The molecule has 0 radical (unpaired) electrons. The highest BCUT2D eigenvalue weighted by Crippen LogP contribution is 2.36. The highest BCUT2D eigenvalue weighted by Gasteiger charge is 2.09. The molecule has 0 atom stereocenters. The van der Waals surface area contributed by atoms with E-state index in [1.165, 1.54) is 0 Å². The van der Waals surface area contributed by atoms with Crippen LogP contribution < -0.4 is 9.47 Å². The average Bonchev–Trinajstić information content (AvgIpc) is 2.31. The van der Waals surface area contributed by atoms with E-state index in [-0.39, 0.29) is 5.75 Å². The Morgan fingerprint density at radius 3 is 2.32 bits per heavy atom. The lowest BCUT2D eigenvalue weighted by Gasteiger charge is -2.11. The summed E-state index contributed by atoms with van der Waals surface area (Å²) in [5.74, 6) is 1.33. The molecule has 0 amide bonds. The molecule has 8 heteroatoms. The van der Waals surface area contributed by atoms with Crippen LogP contribution in [0.25, 0.3) is 0 Å². The molecule has 1 rings (SSSR count). The minimum Gasteiger partial charge on any atom is -0.496 e. The number of ether oxygens (including phenoxy) is 2. The number of unbranched alkanes of at least 4 members (excludes halogenated alkanes) is 1. The molecule has 0 aliphatic heterocycles. The minimum absolute atomic E-state index is 0.0363. The van der Waals surface area contributed by atoms with Gasteiger partial charge in [0.15, 0.2) is 0 Å². The van der Waals surface area contributed by atoms with E-state index < -0.39 is 9.05 Å².